The Balaban J connectivity index is 2.14. The average Bonchev–Trinajstić information content (AvgIpc) is 2.40. The van der Waals surface area contributed by atoms with Crippen molar-refractivity contribution in [2.75, 3.05) is 18.0 Å². The van der Waals surface area contributed by atoms with E-state index in [0.29, 0.717) is 31.5 Å². The molecule has 1 fully saturated rings. The smallest absolute Gasteiger partial charge is 0.309 e. The van der Waals surface area contributed by atoms with E-state index in [1.165, 1.54) is 0 Å². The number of nitriles is 1. The molecule has 0 spiro atoms. The molecule has 1 aromatic rings. The predicted molar refractivity (Wildman–Crippen MR) is 76.0 cm³/mol. The summed E-state index contributed by atoms with van der Waals surface area (Å²) in [6.07, 6.45) is 1.27. The molecule has 0 aliphatic carbocycles. The van der Waals surface area contributed by atoms with Crippen LogP contribution in [0.25, 0.3) is 0 Å². The molecule has 2 rings (SSSR count). The Hall–Kier alpha value is -1.54. The molecule has 1 saturated heterocycles. The van der Waals surface area contributed by atoms with Gasteiger partial charge in [-0.15, -0.1) is 0 Å². The van der Waals surface area contributed by atoms with Gasteiger partial charge in [0.2, 0.25) is 0 Å². The number of carboxylic acids is 1. The highest BCUT2D eigenvalue weighted by Gasteiger charge is 2.37. The zero-order valence-electron chi connectivity index (χ0n) is 10.7. The normalized spacial score (nSPS) is 17.8. The van der Waals surface area contributed by atoms with Crippen LogP contribution in [0.15, 0.2) is 22.7 Å². The second kappa shape index (κ2) is 5.22. The first kappa shape index (κ1) is 13.9. The first-order chi connectivity index (χ1) is 8.96. The second-order valence-electron chi connectivity index (χ2n) is 5.13. The number of aliphatic carboxylic acids is 1. The molecular formula is C14H15BrN2O2. The molecule has 0 saturated carbocycles. The third kappa shape index (κ3) is 2.74. The van der Waals surface area contributed by atoms with Crippen LogP contribution in [0.5, 0.6) is 0 Å². The van der Waals surface area contributed by atoms with E-state index in [2.05, 4.69) is 26.9 Å². The van der Waals surface area contributed by atoms with Crippen LogP contribution in [-0.2, 0) is 4.79 Å². The number of hydrogen-bond donors (Lipinski definition) is 1. The number of carbonyl (C=O) groups is 1. The molecule has 0 amide bonds. The van der Waals surface area contributed by atoms with Crippen molar-refractivity contribution in [3.63, 3.8) is 0 Å². The number of carboxylic acid groups (broad SMARTS) is 1. The van der Waals surface area contributed by atoms with Crippen LogP contribution in [0.4, 0.5) is 5.69 Å². The Morgan fingerprint density at radius 3 is 2.58 bits per heavy atom. The number of piperidine rings is 1. The van der Waals surface area contributed by atoms with Gasteiger partial charge in [-0.05, 0) is 53.9 Å². The van der Waals surface area contributed by atoms with Gasteiger partial charge in [0.25, 0.3) is 0 Å². The summed E-state index contributed by atoms with van der Waals surface area (Å²) < 4.78 is 0.880. The van der Waals surface area contributed by atoms with Gasteiger partial charge in [-0.3, -0.25) is 4.79 Å². The molecule has 1 aliphatic rings. The average molecular weight is 323 g/mol. The maximum atomic E-state index is 11.2. The molecule has 0 atom stereocenters. The molecule has 0 bridgehead atoms. The Morgan fingerprint density at radius 1 is 1.47 bits per heavy atom. The van der Waals surface area contributed by atoms with E-state index in [-0.39, 0.29) is 0 Å². The Bertz CT molecular complexity index is 543. The standard InChI is InChI=1S/C14H15BrN2O2/c1-14(13(18)19)4-6-17(7-5-14)12-3-2-10(9-16)8-11(12)15/h2-3,8H,4-7H2,1H3,(H,18,19). The van der Waals surface area contributed by atoms with E-state index < -0.39 is 11.4 Å². The lowest BCUT2D eigenvalue weighted by Gasteiger charge is -2.38. The van der Waals surface area contributed by atoms with E-state index in [0.717, 1.165) is 10.2 Å². The van der Waals surface area contributed by atoms with Gasteiger partial charge in [0.05, 0.1) is 22.7 Å². The van der Waals surface area contributed by atoms with Gasteiger partial charge in [0.1, 0.15) is 0 Å². The summed E-state index contributed by atoms with van der Waals surface area (Å²) in [6.45, 7) is 3.24. The molecule has 1 N–H and O–H groups in total. The highest BCUT2D eigenvalue weighted by Crippen LogP contribution is 2.35. The van der Waals surface area contributed by atoms with Gasteiger partial charge in [-0.25, -0.2) is 0 Å². The summed E-state index contributed by atoms with van der Waals surface area (Å²) in [5.41, 5.74) is 1.02. The summed E-state index contributed by atoms with van der Waals surface area (Å²) in [7, 11) is 0. The third-order valence-electron chi connectivity index (χ3n) is 3.80. The summed E-state index contributed by atoms with van der Waals surface area (Å²) in [5, 5.41) is 18.1. The molecule has 5 heteroatoms. The number of hydrogen-bond acceptors (Lipinski definition) is 3. The minimum Gasteiger partial charge on any atom is -0.481 e. The summed E-state index contributed by atoms with van der Waals surface area (Å²) in [6, 6.07) is 7.58. The van der Waals surface area contributed by atoms with E-state index >= 15 is 0 Å². The van der Waals surface area contributed by atoms with E-state index in [4.69, 9.17) is 5.26 Å². The molecule has 0 radical (unpaired) electrons. The van der Waals surface area contributed by atoms with Crippen LogP contribution in [0.3, 0.4) is 0 Å². The Labute approximate surface area is 120 Å². The van der Waals surface area contributed by atoms with Crippen molar-refractivity contribution in [3.05, 3.63) is 28.2 Å². The molecule has 4 nitrogen and oxygen atoms in total. The van der Waals surface area contributed by atoms with Crippen LogP contribution in [0.2, 0.25) is 0 Å². The lowest BCUT2D eigenvalue weighted by atomic mass is 9.80. The fraction of sp³-hybridized carbons (Fsp3) is 0.429. The van der Waals surface area contributed by atoms with Gasteiger partial charge >= 0.3 is 5.97 Å². The summed E-state index contributed by atoms with van der Waals surface area (Å²) in [4.78, 5) is 13.4. The highest BCUT2D eigenvalue weighted by molar-refractivity contribution is 9.10. The quantitative estimate of drug-likeness (QED) is 0.909. The SMILES string of the molecule is CC1(C(=O)O)CCN(c2ccc(C#N)cc2Br)CC1. The number of rotatable bonds is 2. The first-order valence-electron chi connectivity index (χ1n) is 6.14. The predicted octanol–water partition coefficient (Wildman–Crippen LogP) is 3.01. The molecule has 100 valence electrons. The second-order valence-corrected chi connectivity index (χ2v) is 5.99. The van der Waals surface area contributed by atoms with Crippen LogP contribution >= 0.6 is 15.9 Å². The van der Waals surface area contributed by atoms with Gasteiger partial charge < -0.3 is 10.0 Å². The lowest BCUT2D eigenvalue weighted by Crippen LogP contribution is -2.42. The van der Waals surface area contributed by atoms with Crippen LogP contribution < -0.4 is 4.90 Å². The van der Waals surface area contributed by atoms with Crippen LogP contribution in [0, 0.1) is 16.7 Å². The third-order valence-corrected chi connectivity index (χ3v) is 4.44. The van der Waals surface area contributed by atoms with Gasteiger partial charge in [0.15, 0.2) is 0 Å². The van der Waals surface area contributed by atoms with E-state index in [1.807, 2.05) is 6.07 Å². The Morgan fingerprint density at radius 2 is 2.11 bits per heavy atom. The first-order valence-corrected chi connectivity index (χ1v) is 6.93. The van der Waals surface area contributed by atoms with Crippen LogP contribution in [-0.4, -0.2) is 24.2 Å². The van der Waals surface area contributed by atoms with Gasteiger partial charge in [0, 0.05) is 17.6 Å². The zero-order chi connectivity index (χ0) is 14.0. The minimum atomic E-state index is -0.717. The monoisotopic (exact) mass is 322 g/mol. The topological polar surface area (TPSA) is 64.3 Å². The number of halogens is 1. The molecule has 0 unspecified atom stereocenters. The van der Waals surface area contributed by atoms with E-state index in [1.54, 1.807) is 19.1 Å². The minimum absolute atomic E-state index is 0.614. The lowest BCUT2D eigenvalue weighted by molar-refractivity contribution is -0.149. The van der Waals surface area contributed by atoms with E-state index in [9.17, 15) is 9.90 Å². The Kier molecular flexibility index (Phi) is 3.81. The fourth-order valence-corrected chi connectivity index (χ4v) is 2.92. The number of anilines is 1. The van der Waals surface area contributed by atoms with Crippen molar-refractivity contribution in [1.82, 2.24) is 0 Å². The fourth-order valence-electron chi connectivity index (χ4n) is 2.29. The molecular weight excluding hydrogens is 308 g/mol. The van der Waals surface area contributed by atoms with Crippen molar-refractivity contribution in [2.45, 2.75) is 19.8 Å². The van der Waals surface area contributed by atoms with Gasteiger partial charge in [-0.1, -0.05) is 0 Å². The van der Waals surface area contributed by atoms with Gasteiger partial charge in [-0.2, -0.15) is 5.26 Å². The maximum absolute atomic E-state index is 11.2. The van der Waals surface area contributed by atoms with Crippen molar-refractivity contribution in [3.8, 4) is 6.07 Å². The summed E-state index contributed by atoms with van der Waals surface area (Å²) >= 11 is 3.47. The highest BCUT2D eigenvalue weighted by atomic mass is 79.9. The molecule has 1 aliphatic heterocycles. The number of nitrogens with zero attached hydrogens (tertiary/aromatic N) is 2. The molecule has 0 aromatic heterocycles. The largest absolute Gasteiger partial charge is 0.481 e. The molecule has 1 aromatic carbocycles. The maximum Gasteiger partial charge on any atom is 0.309 e. The zero-order valence-corrected chi connectivity index (χ0v) is 12.3. The van der Waals surface area contributed by atoms with Crippen molar-refractivity contribution < 1.29 is 9.90 Å². The summed E-state index contributed by atoms with van der Waals surface area (Å²) in [5.74, 6) is -0.717. The van der Waals surface area contributed by atoms with Crippen molar-refractivity contribution in [1.29, 1.82) is 5.26 Å². The van der Waals surface area contributed by atoms with Crippen molar-refractivity contribution >= 4 is 27.6 Å². The number of benzene rings is 1. The molecule has 1 heterocycles. The van der Waals surface area contributed by atoms with Crippen molar-refractivity contribution in [2.24, 2.45) is 5.41 Å². The van der Waals surface area contributed by atoms with Crippen LogP contribution in [0.1, 0.15) is 25.3 Å². The molecule has 19 heavy (non-hydrogen) atoms.